The van der Waals surface area contributed by atoms with E-state index >= 15 is 0 Å². The average molecular weight is 347 g/mol. The van der Waals surface area contributed by atoms with Crippen LogP contribution in [0.15, 0.2) is 6.33 Å². The van der Waals surface area contributed by atoms with Crippen LogP contribution < -0.4 is 15.6 Å². The van der Waals surface area contributed by atoms with Crippen LogP contribution >= 0.6 is 11.3 Å². The molecule has 7 heteroatoms. The zero-order valence-corrected chi connectivity index (χ0v) is 15.2. The summed E-state index contributed by atoms with van der Waals surface area (Å²) in [4.78, 5) is 13.7. The minimum absolute atomic E-state index is 0.270. The molecule has 3 heterocycles. The zero-order valence-electron chi connectivity index (χ0n) is 14.3. The third kappa shape index (κ3) is 3.13. The highest BCUT2D eigenvalue weighted by Gasteiger charge is 2.26. The van der Waals surface area contributed by atoms with Gasteiger partial charge in [0.25, 0.3) is 0 Å². The van der Waals surface area contributed by atoms with Gasteiger partial charge in [-0.25, -0.2) is 9.97 Å². The molecular weight excluding hydrogens is 322 g/mol. The quantitative estimate of drug-likeness (QED) is 0.887. The molecule has 0 radical (unpaired) electrons. The average Bonchev–Trinajstić information content (AvgIpc) is 2.78. The van der Waals surface area contributed by atoms with E-state index in [4.69, 9.17) is 4.74 Å². The molecule has 0 aromatic carbocycles. The molecule has 6 nitrogen and oxygen atoms in total. The van der Waals surface area contributed by atoms with Crippen molar-refractivity contribution in [3.05, 3.63) is 16.8 Å². The fourth-order valence-electron chi connectivity index (χ4n) is 3.74. The van der Waals surface area contributed by atoms with Crippen LogP contribution in [0, 0.1) is 0 Å². The molecule has 1 saturated carbocycles. The van der Waals surface area contributed by atoms with Gasteiger partial charge in [-0.3, -0.25) is 10.9 Å². The van der Waals surface area contributed by atoms with Crippen molar-refractivity contribution in [3.63, 3.8) is 0 Å². The van der Waals surface area contributed by atoms with Gasteiger partial charge in [0.05, 0.1) is 5.39 Å². The molecule has 4 rings (SSSR count). The maximum Gasteiger partial charge on any atom is 0.225 e. The lowest BCUT2D eigenvalue weighted by molar-refractivity contribution is 0.108. The SMILES string of the molecule is CN(C)C1CCC(Oc2ncnc3sc4c(c23)CNNCC4)CC1. The fourth-order valence-corrected chi connectivity index (χ4v) is 4.89. The molecule has 130 valence electrons. The van der Waals surface area contributed by atoms with Gasteiger partial charge in [0.1, 0.15) is 17.3 Å². The van der Waals surface area contributed by atoms with Crippen LogP contribution in [-0.2, 0) is 13.0 Å². The Hall–Kier alpha value is -1.28. The molecule has 0 bridgehead atoms. The van der Waals surface area contributed by atoms with E-state index in [1.54, 1.807) is 17.7 Å². The molecule has 0 atom stereocenters. The minimum Gasteiger partial charge on any atom is -0.474 e. The number of aromatic nitrogens is 2. The predicted molar refractivity (Wildman–Crippen MR) is 96.3 cm³/mol. The van der Waals surface area contributed by atoms with Crippen LogP contribution in [0.2, 0.25) is 0 Å². The lowest BCUT2D eigenvalue weighted by Crippen LogP contribution is -2.35. The van der Waals surface area contributed by atoms with Gasteiger partial charge in [0.2, 0.25) is 5.88 Å². The molecule has 0 unspecified atom stereocenters. The Kier molecular flexibility index (Phi) is 4.67. The smallest absolute Gasteiger partial charge is 0.225 e. The van der Waals surface area contributed by atoms with Crippen molar-refractivity contribution < 1.29 is 4.74 Å². The third-order valence-corrected chi connectivity index (χ3v) is 6.36. The minimum atomic E-state index is 0.270. The van der Waals surface area contributed by atoms with Crippen molar-refractivity contribution in [2.24, 2.45) is 0 Å². The molecule has 1 aliphatic carbocycles. The Labute approximate surface area is 146 Å². The first kappa shape index (κ1) is 16.2. The summed E-state index contributed by atoms with van der Waals surface area (Å²) in [7, 11) is 4.34. The summed E-state index contributed by atoms with van der Waals surface area (Å²) in [5.41, 5.74) is 7.81. The van der Waals surface area contributed by atoms with E-state index in [1.165, 1.54) is 23.3 Å². The first-order valence-corrected chi connectivity index (χ1v) is 9.58. The number of nitrogens with zero attached hydrogens (tertiary/aromatic N) is 3. The van der Waals surface area contributed by atoms with E-state index in [-0.39, 0.29) is 6.10 Å². The molecule has 0 amide bonds. The number of hydrazine groups is 1. The van der Waals surface area contributed by atoms with Gasteiger partial charge in [-0.1, -0.05) is 0 Å². The zero-order chi connectivity index (χ0) is 16.5. The van der Waals surface area contributed by atoms with Gasteiger partial charge >= 0.3 is 0 Å². The Morgan fingerprint density at radius 1 is 1.17 bits per heavy atom. The van der Waals surface area contributed by atoms with Crippen LogP contribution in [-0.4, -0.2) is 47.7 Å². The highest BCUT2D eigenvalue weighted by molar-refractivity contribution is 7.18. The molecule has 1 fully saturated rings. The molecule has 0 saturated heterocycles. The molecule has 0 spiro atoms. The van der Waals surface area contributed by atoms with E-state index in [1.807, 2.05) is 0 Å². The Morgan fingerprint density at radius 3 is 2.79 bits per heavy atom. The summed E-state index contributed by atoms with van der Waals surface area (Å²) in [6, 6.07) is 0.683. The highest BCUT2D eigenvalue weighted by Crippen LogP contribution is 2.37. The van der Waals surface area contributed by atoms with Crippen molar-refractivity contribution in [2.75, 3.05) is 20.6 Å². The molecule has 2 aromatic rings. The standard InChI is InChI=1S/C17H25N5OS/c1-22(2)11-3-5-12(6-4-11)23-16-15-13-9-21-20-8-7-14(13)24-17(15)19-10-18-16/h10-12,20-21H,3-9H2,1-2H3. The van der Waals surface area contributed by atoms with Crippen LogP contribution in [0.3, 0.4) is 0 Å². The second kappa shape index (κ2) is 6.92. The van der Waals surface area contributed by atoms with Crippen molar-refractivity contribution in [1.29, 1.82) is 0 Å². The maximum absolute atomic E-state index is 6.35. The lowest BCUT2D eigenvalue weighted by atomic mass is 9.92. The molecule has 2 aliphatic rings. The number of fused-ring (bicyclic) bond motifs is 3. The van der Waals surface area contributed by atoms with E-state index in [0.717, 1.165) is 48.4 Å². The number of hydrogen-bond acceptors (Lipinski definition) is 7. The second-order valence-corrected chi connectivity index (χ2v) is 7.99. The van der Waals surface area contributed by atoms with E-state index < -0.39 is 0 Å². The van der Waals surface area contributed by atoms with Crippen LogP contribution in [0.4, 0.5) is 0 Å². The summed E-state index contributed by atoms with van der Waals surface area (Å²) in [6.07, 6.45) is 7.52. The van der Waals surface area contributed by atoms with Gasteiger partial charge in [-0.2, -0.15) is 0 Å². The first-order valence-electron chi connectivity index (χ1n) is 8.76. The van der Waals surface area contributed by atoms with Crippen molar-refractivity contribution in [2.45, 2.75) is 50.8 Å². The Balaban J connectivity index is 1.57. The molecule has 1 aliphatic heterocycles. The second-order valence-electron chi connectivity index (χ2n) is 6.91. The largest absolute Gasteiger partial charge is 0.474 e. The normalized spacial score (nSPS) is 24.8. The number of nitrogens with one attached hydrogen (secondary N) is 2. The first-order chi connectivity index (χ1) is 11.7. The molecular formula is C17H25N5OS. The summed E-state index contributed by atoms with van der Waals surface area (Å²) < 4.78 is 6.35. The molecule has 24 heavy (non-hydrogen) atoms. The molecule has 2 N–H and O–H groups in total. The van der Waals surface area contributed by atoms with Gasteiger partial charge < -0.3 is 9.64 Å². The highest BCUT2D eigenvalue weighted by atomic mass is 32.1. The van der Waals surface area contributed by atoms with Crippen molar-refractivity contribution in [1.82, 2.24) is 25.7 Å². The summed E-state index contributed by atoms with van der Waals surface area (Å²) in [5, 5.41) is 1.11. The number of ether oxygens (including phenoxy) is 1. The third-order valence-electron chi connectivity index (χ3n) is 5.16. The summed E-state index contributed by atoms with van der Waals surface area (Å²) >= 11 is 1.78. The van der Waals surface area contributed by atoms with E-state index in [2.05, 4.69) is 39.8 Å². The van der Waals surface area contributed by atoms with Gasteiger partial charge in [-0.05, 0) is 51.8 Å². The van der Waals surface area contributed by atoms with Crippen LogP contribution in [0.25, 0.3) is 10.2 Å². The van der Waals surface area contributed by atoms with Crippen molar-refractivity contribution >= 4 is 21.6 Å². The van der Waals surface area contributed by atoms with Gasteiger partial charge in [-0.15, -0.1) is 11.3 Å². The van der Waals surface area contributed by atoms with E-state index in [0.29, 0.717) is 6.04 Å². The predicted octanol–water partition coefficient (Wildman–Crippen LogP) is 2.09. The number of thiophene rings is 1. The Morgan fingerprint density at radius 2 is 2.00 bits per heavy atom. The fraction of sp³-hybridized carbons (Fsp3) is 0.647. The van der Waals surface area contributed by atoms with Gasteiger partial charge in [0, 0.05) is 24.0 Å². The monoisotopic (exact) mass is 347 g/mol. The topological polar surface area (TPSA) is 62.3 Å². The van der Waals surface area contributed by atoms with Crippen LogP contribution in [0.5, 0.6) is 5.88 Å². The van der Waals surface area contributed by atoms with Gasteiger partial charge in [0.15, 0.2) is 0 Å². The van der Waals surface area contributed by atoms with Crippen LogP contribution in [0.1, 0.15) is 36.1 Å². The number of rotatable bonds is 3. The maximum atomic E-state index is 6.35. The van der Waals surface area contributed by atoms with E-state index in [9.17, 15) is 0 Å². The van der Waals surface area contributed by atoms with Crippen molar-refractivity contribution in [3.8, 4) is 5.88 Å². The Bertz CT molecular complexity index is 708. The summed E-state index contributed by atoms with van der Waals surface area (Å²) in [6.45, 7) is 1.74. The number of hydrogen-bond donors (Lipinski definition) is 2. The summed E-state index contributed by atoms with van der Waals surface area (Å²) in [5.74, 6) is 0.773. The molecule has 2 aromatic heterocycles. The lowest BCUT2D eigenvalue weighted by Gasteiger charge is -2.32.